The van der Waals surface area contributed by atoms with Crippen molar-refractivity contribution in [3.63, 3.8) is 0 Å². The van der Waals surface area contributed by atoms with Gasteiger partial charge in [0.15, 0.2) is 5.96 Å². The van der Waals surface area contributed by atoms with Crippen LogP contribution in [0.25, 0.3) is 0 Å². The minimum atomic E-state index is 0. The van der Waals surface area contributed by atoms with Gasteiger partial charge in [0, 0.05) is 40.2 Å². The van der Waals surface area contributed by atoms with Crippen molar-refractivity contribution in [3.05, 3.63) is 0 Å². The zero-order chi connectivity index (χ0) is 17.2. The smallest absolute Gasteiger partial charge is 0.220 e. The minimum Gasteiger partial charge on any atom is -0.359 e. The van der Waals surface area contributed by atoms with Gasteiger partial charge < -0.3 is 15.5 Å². The third kappa shape index (κ3) is 8.13. The Bertz CT molecular complexity index is 402. The van der Waals surface area contributed by atoms with Crippen LogP contribution in [-0.2, 0) is 4.79 Å². The van der Waals surface area contributed by atoms with E-state index >= 15 is 0 Å². The number of amides is 1. The molecule has 2 fully saturated rings. The number of nitrogens with one attached hydrogen (secondary N) is 2. The van der Waals surface area contributed by atoms with E-state index in [1.54, 1.807) is 7.05 Å². The molecule has 6 heteroatoms. The molecule has 1 aliphatic heterocycles. The summed E-state index contributed by atoms with van der Waals surface area (Å²) in [6, 6.07) is 0. The largest absolute Gasteiger partial charge is 0.359 e. The highest BCUT2D eigenvalue weighted by molar-refractivity contribution is 14.0. The van der Waals surface area contributed by atoms with E-state index in [1.165, 1.54) is 44.9 Å². The highest BCUT2D eigenvalue weighted by Gasteiger charge is 2.23. The maximum atomic E-state index is 11.5. The van der Waals surface area contributed by atoms with E-state index in [4.69, 9.17) is 0 Å². The standard InChI is InChI=1S/C19H36N4O.HI/c1-20-18(24)15-17-10-13-23(14-11-17)19(21-2)22-12-6-9-16-7-4-3-5-8-16;/h16-17H,3-15H2,1-2H3,(H,20,24)(H,21,22);1H. The Morgan fingerprint density at radius 1 is 1.08 bits per heavy atom. The van der Waals surface area contributed by atoms with Gasteiger partial charge in [0.2, 0.25) is 5.91 Å². The average Bonchev–Trinajstić information content (AvgIpc) is 2.63. The number of hydrogen-bond donors (Lipinski definition) is 2. The number of rotatable bonds is 6. The molecule has 2 aliphatic rings. The molecular weight excluding hydrogens is 427 g/mol. The van der Waals surface area contributed by atoms with Crippen LogP contribution in [-0.4, -0.2) is 50.5 Å². The first-order chi connectivity index (χ1) is 11.7. The van der Waals surface area contributed by atoms with Crippen LogP contribution in [0.4, 0.5) is 0 Å². The summed E-state index contributed by atoms with van der Waals surface area (Å²) in [5.41, 5.74) is 0. The molecule has 0 aromatic rings. The lowest BCUT2D eigenvalue weighted by atomic mass is 9.86. The molecule has 2 N–H and O–H groups in total. The predicted octanol–water partition coefficient (Wildman–Crippen LogP) is 3.39. The summed E-state index contributed by atoms with van der Waals surface area (Å²) >= 11 is 0. The number of hydrogen-bond acceptors (Lipinski definition) is 2. The van der Waals surface area contributed by atoms with Gasteiger partial charge in [-0.2, -0.15) is 0 Å². The molecule has 0 unspecified atom stereocenters. The molecule has 0 radical (unpaired) electrons. The number of carbonyl (C=O) groups is 1. The van der Waals surface area contributed by atoms with Crippen molar-refractivity contribution in [2.45, 2.75) is 64.2 Å². The van der Waals surface area contributed by atoms with Crippen LogP contribution in [0.2, 0.25) is 0 Å². The maximum Gasteiger partial charge on any atom is 0.220 e. The lowest BCUT2D eigenvalue weighted by Gasteiger charge is -2.34. The Morgan fingerprint density at radius 2 is 1.76 bits per heavy atom. The highest BCUT2D eigenvalue weighted by Crippen LogP contribution is 2.27. The van der Waals surface area contributed by atoms with Crippen molar-refractivity contribution in [1.29, 1.82) is 0 Å². The van der Waals surface area contributed by atoms with Gasteiger partial charge in [0.25, 0.3) is 0 Å². The second-order valence-electron chi connectivity index (χ2n) is 7.43. The number of nitrogens with zero attached hydrogens (tertiary/aromatic N) is 2. The van der Waals surface area contributed by atoms with Crippen LogP contribution >= 0.6 is 24.0 Å². The molecule has 0 aromatic heterocycles. The van der Waals surface area contributed by atoms with Gasteiger partial charge in [-0.3, -0.25) is 9.79 Å². The Kier molecular flexibility index (Phi) is 11.5. The van der Waals surface area contributed by atoms with Gasteiger partial charge in [0.1, 0.15) is 0 Å². The quantitative estimate of drug-likeness (QED) is 0.274. The summed E-state index contributed by atoms with van der Waals surface area (Å²) in [4.78, 5) is 18.3. The second-order valence-corrected chi connectivity index (χ2v) is 7.43. The fourth-order valence-electron chi connectivity index (χ4n) is 4.11. The topological polar surface area (TPSA) is 56.7 Å². The lowest BCUT2D eigenvalue weighted by molar-refractivity contribution is -0.121. The monoisotopic (exact) mass is 464 g/mol. The van der Waals surface area contributed by atoms with Gasteiger partial charge in [0.05, 0.1) is 0 Å². The van der Waals surface area contributed by atoms with Gasteiger partial charge in [-0.25, -0.2) is 0 Å². The number of piperidine rings is 1. The molecule has 0 bridgehead atoms. The highest BCUT2D eigenvalue weighted by atomic mass is 127. The van der Waals surface area contributed by atoms with Crippen LogP contribution in [0.15, 0.2) is 4.99 Å². The van der Waals surface area contributed by atoms with E-state index in [0.29, 0.717) is 12.3 Å². The van der Waals surface area contributed by atoms with E-state index in [-0.39, 0.29) is 29.9 Å². The second kappa shape index (κ2) is 12.8. The number of guanidine groups is 1. The number of likely N-dealkylation sites (tertiary alicyclic amines) is 1. The summed E-state index contributed by atoms with van der Waals surface area (Å²) in [7, 11) is 3.59. The van der Waals surface area contributed by atoms with Crippen LogP contribution in [0.3, 0.4) is 0 Å². The maximum absolute atomic E-state index is 11.5. The molecule has 0 atom stereocenters. The fourth-order valence-corrected chi connectivity index (χ4v) is 4.11. The molecule has 146 valence electrons. The van der Waals surface area contributed by atoms with Crippen molar-refractivity contribution in [2.75, 3.05) is 33.7 Å². The Labute approximate surface area is 170 Å². The van der Waals surface area contributed by atoms with Crippen LogP contribution in [0.1, 0.15) is 64.2 Å². The van der Waals surface area contributed by atoms with Crippen molar-refractivity contribution in [2.24, 2.45) is 16.8 Å². The van der Waals surface area contributed by atoms with Crippen LogP contribution in [0, 0.1) is 11.8 Å². The zero-order valence-corrected chi connectivity index (χ0v) is 18.4. The molecule has 1 saturated heterocycles. The summed E-state index contributed by atoms with van der Waals surface area (Å²) in [6.07, 6.45) is 12.6. The van der Waals surface area contributed by atoms with Crippen LogP contribution < -0.4 is 10.6 Å². The fraction of sp³-hybridized carbons (Fsp3) is 0.895. The lowest BCUT2D eigenvalue weighted by Crippen LogP contribution is -2.46. The van der Waals surface area contributed by atoms with Crippen molar-refractivity contribution in [1.82, 2.24) is 15.5 Å². The summed E-state index contributed by atoms with van der Waals surface area (Å²) < 4.78 is 0. The molecule has 1 heterocycles. The van der Waals surface area contributed by atoms with Gasteiger partial charge in [-0.15, -0.1) is 24.0 Å². The normalized spacial score (nSPS) is 20.1. The first-order valence-corrected chi connectivity index (χ1v) is 9.89. The van der Waals surface area contributed by atoms with E-state index < -0.39 is 0 Å². The molecule has 2 rings (SSSR count). The molecule has 1 saturated carbocycles. The van der Waals surface area contributed by atoms with Crippen molar-refractivity contribution >= 4 is 35.8 Å². The van der Waals surface area contributed by atoms with E-state index in [1.807, 2.05) is 7.05 Å². The first kappa shape index (κ1) is 22.5. The summed E-state index contributed by atoms with van der Waals surface area (Å²) in [5.74, 6) is 2.68. The Hall–Kier alpha value is -0.530. The minimum absolute atomic E-state index is 0. The number of carbonyl (C=O) groups excluding carboxylic acids is 1. The molecular formula is C19H37IN4O. The molecule has 25 heavy (non-hydrogen) atoms. The van der Waals surface area contributed by atoms with Gasteiger partial charge in [-0.05, 0) is 37.5 Å². The van der Waals surface area contributed by atoms with Gasteiger partial charge in [-0.1, -0.05) is 32.1 Å². The summed E-state index contributed by atoms with van der Waals surface area (Å²) in [5, 5.41) is 6.27. The van der Waals surface area contributed by atoms with Crippen molar-refractivity contribution in [3.8, 4) is 0 Å². The third-order valence-corrected chi connectivity index (χ3v) is 5.68. The van der Waals surface area contributed by atoms with E-state index in [2.05, 4.69) is 20.5 Å². The van der Waals surface area contributed by atoms with Gasteiger partial charge >= 0.3 is 0 Å². The molecule has 0 aromatic carbocycles. The van der Waals surface area contributed by atoms with E-state index in [0.717, 1.165) is 44.4 Å². The number of halogens is 1. The predicted molar refractivity (Wildman–Crippen MR) is 116 cm³/mol. The van der Waals surface area contributed by atoms with E-state index in [9.17, 15) is 4.79 Å². The average molecular weight is 464 g/mol. The SMILES string of the molecule is CN=C(NCCCC1CCCCC1)N1CCC(CC(=O)NC)CC1.I. The Morgan fingerprint density at radius 3 is 2.36 bits per heavy atom. The third-order valence-electron chi connectivity index (χ3n) is 5.68. The number of aliphatic imine (C=N–C) groups is 1. The van der Waals surface area contributed by atoms with Crippen LogP contribution in [0.5, 0.6) is 0 Å². The molecule has 0 spiro atoms. The summed E-state index contributed by atoms with van der Waals surface area (Å²) in [6.45, 7) is 3.04. The Balaban J connectivity index is 0.00000312. The molecule has 5 nitrogen and oxygen atoms in total. The first-order valence-electron chi connectivity index (χ1n) is 9.89. The van der Waals surface area contributed by atoms with Crippen molar-refractivity contribution < 1.29 is 4.79 Å². The molecule has 1 aliphatic carbocycles. The zero-order valence-electron chi connectivity index (χ0n) is 16.1. The molecule has 1 amide bonds.